The molecule has 170 valence electrons. The fourth-order valence-electron chi connectivity index (χ4n) is 3.36. The van der Waals surface area contributed by atoms with Gasteiger partial charge in [0.15, 0.2) is 0 Å². The number of halogens is 4. The van der Waals surface area contributed by atoms with Crippen LogP contribution in [0.4, 0.5) is 13.2 Å². The van der Waals surface area contributed by atoms with Gasteiger partial charge in [0.1, 0.15) is 0 Å². The van der Waals surface area contributed by atoms with Crippen LogP contribution in [0.1, 0.15) is 17.5 Å². The molecule has 0 atom stereocenters. The standard InChI is InChI=1S/C20H23ClF3N3O3S/c21-17-2-3-19(18(14-17)20(22,23)24)31(28,29)27(15-16-4-6-25-7-5-16)9-1-8-26-10-12-30-13-11-26/h2-7,14H,1,8-13,15H2. The predicted octanol–water partition coefficient (Wildman–Crippen LogP) is 3.67. The van der Waals surface area contributed by atoms with E-state index in [2.05, 4.69) is 9.88 Å². The van der Waals surface area contributed by atoms with Gasteiger partial charge >= 0.3 is 6.18 Å². The molecule has 1 fully saturated rings. The Balaban J connectivity index is 1.88. The monoisotopic (exact) mass is 477 g/mol. The molecule has 1 aromatic carbocycles. The molecule has 0 N–H and O–H groups in total. The Hall–Kier alpha value is -1.72. The highest BCUT2D eigenvalue weighted by Gasteiger charge is 2.39. The maximum absolute atomic E-state index is 13.6. The van der Waals surface area contributed by atoms with Crippen LogP contribution in [0.15, 0.2) is 47.6 Å². The Morgan fingerprint density at radius 3 is 2.45 bits per heavy atom. The third-order valence-corrected chi connectivity index (χ3v) is 7.10. The molecule has 0 bridgehead atoms. The van der Waals surface area contributed by atoms with Crippen LogP contribution in [0.25, 0.3) is 0 Å². The number of pyridine rings is 1. The third-order valence-electron chi connectivity index (χ3n) is 4.96. The molecule has 1 aliphatic heterocycles. The van der Waals surface area contributed by atoms with Crippen LogP contribution in [0.5, 0.6) is 0 Å². The Morgan fingerprint density at radius 1 is 1.13 bits per heavy atom. The van der Waals surface area contributed by atoms with Crippen molar-refractivity contribution in [2.45, 2.75) is 24.0 Å². The topological polar surface area (TPSA) is 62.7 Å². The van der Waals surface area contributed by atoms with Crippen LogP contribution in [-0.2, 0) is 27.5 Å². The Labute approximate surface area is 184 Å². The van der Waals surface area contributed by atoms with Gasteiger partial charge in [0.2, 0.25) is 10.0 Å². The van der Waals surface area contributed by atoms with Gasteiger partial charge in [-0.3, -0.25) is 9.88 Å². The van der Waals surface area contributed by atoms with Crippen molar-refractivity contribution in [2.75, 3.05) is 39.4 Å². The van der Waals surface area contributed by atoms with Crippen LogP contribution in [0, 0.1) is 0 Å². The van der Waals surface area contributed by atoms with Crippen molar-refractivity contribution in [2.24, 2.45) is 0 Å². The van der Waals surface area contributed by atoms with Crippen molar-refractivity contribution in [3.05, 3.63) is 58.9 Å². The van der Waals surface area contributed by atoms with E-state index in [-0.39, 0.29) is 18.1 Å². The van der Waals surface area contributed by atoms with Crippen LogP contribution in [-0.4, -0.2) is 62.0 Å². The third kappa shape index (κ3) is 6.39. The van der Waals surface area contributed by atoms with Gasteiger partial charge < -0.3 is 4.74 Å². The largest absolute Gasteiger partial charge is 0.417 e. The second kappa shape index (κ2) is 10.3. The molecule has 0 spiro atoms. The molecule has 0 aliphatic carbocycles. The van der Waals surface area contributed by atoms with Crippen LogP contribution in [0.2, 0.25) is 5.02 Å². The van der Waals surface area contributed by atoms with Crippen molar-refractivity contribution < 1.29 is 26.3 Å². The molecule has 1 saturated heterocycles. The summed E-state index contributed by atoms with van der Waals surface area (Å²) in [7, 11) is -4.44. The van der Waals surface area contributed by atoms with E-state index < -0.39 is 26.7 Å². The first-order chi connectivity index (χ1) is 14.7. The highest BCUT2D eigenvalue weighted by atomic mass is 35.5. The summed E-state index contributed by atoms with van der Waals surface area (Å²) in [5.74, 6) is 0. The highest BCUT2D eigenvalue weighted by molar-refractivity contribution is 7.89. The minimum atomic E-state index is -4.86. The van der Waals surface area contributed by atoms with Gasteiger partial charge in [0.05, 0.1) is 23.7 Å². The first-order valence-corrected chi connectivity index (χ1v) is 11.6. The molecule has 31 heavy (non-hydrogen) atoms. The number of rotatable bonds is 8. The van der Waals surface area contributed by atoms with Gasteiger partial charge in [-0.1, -0.05) is 11.6 Å². The zero-order valence-corrected chi connectivity index (χ0v) is 18.3. The van der Waals surface area contributed by atoms with Crippen LogP contribution >= 0.6 is 11.6 Å². The van der Waals surface area contributed by atoms with E-state index in [0.717, 1.165) is 29.5 Å². The zero-order chi connectivity index (χ0) is 22.5. The molecule has 1 aliphatic rings. The fourth-order valence-corrected chi connectivity index (χ4v) is 5.19. The van der Waals surface area contributed by atoms with Gasteiger partial charge in [0.25, 0.3) is 0 Å². The lowest BCUT2D eigenvalue weighted by Crippen LogP contribution is -2.39. The number of hydrogen-bond donors (Lipinski definition) is 0. The van der Waals surface area contributed by atoms with E-state index >= 15 is 0 Å². The smallest absolute Gasteiger partial charge is 0.379 e. The molecule has 2 aromatic rings. The summed E-state index contributed by atoms with van der Waals surface area (Å²) in [4.78, 5) is 5.24. The Kier molecular flexibility index (Phi) is 7.92. The van der Waals surface area contributed by atoms with E-state index in [1.54, 1.807) is 12.1 Å². The lowest BCUT2D eigenvalue weighted by molar-refractivity contribution is -0.139. The van der Waals surface area contributed by atoms with E-state index in [9.17, 15) is 21.6 Å². The normalized spacial score (nSPS) is 16.0. The zero-order valence-electron chi connectivity index (χ0n) is 16.7. The summed E-state index contributed by atoms with van der Waals surface area (Å²) in [5.41, 5.74) is -0.639. The number of ether oxygens (including phenoxy) is 1. The molecule has 0 radical (unpaired) electrons. The van der Waals surface area contributed by atoms with Crippen molar-refractivity contribution in [3.8, 4) is 0 Å². The summed E-state index contributed by atoms with van der Waals surface area (Å²) < 4.78 is 73.8. The van der Waals surface area contributed by atoms with Crippen molar-refractivity contribution >= 4 is 21.6 Å². The number of benzene rings is 1. The summed E-state index contributed by atoms with van der Waals surface area (Å²) in [6.45, 7) is 3.34. The predicted molar refractivity (Wildman–Crippen MR) is 110 cm³/mol. The van der Waals surface area contributed by atoms with Crippen molar-refractivity contribution in [1.29, 1.82) is 0 Å². The Morgan fingerprint density at radius 2 is 1.81 bits per heavy atom. The van der Waals surface area contributed by atoms with Crippen molar-refractivity contribution in [1.82, 2.24) is 14.2 Å². The maximum atomic E-state index is 13.6. The molecule has 0 saturated carbocycles. The SMILES string of the molecule is O=S(=O)(c1ccc(Cl)cc1C(F)(F)F)N(CCCN1CCOCC1)Cc1ccncc1. The minimum absolute atomic E-state index is 0.0616. The summed E-state index contributed by atoms with van der Waals surface area (Å²) >= 11 is 5.72. The van der Waals surface area contributed by atoms with Crippen LogP contribution < -0.4 is 0 Å². The molecule has 2 heterocycles. The maximum Gasteiger partial charge on any atom is 0.417 e. The number of nitrogens with zero attached hydrogens (tertiary/aromatic N) is 3. The number of sulfonamides is 1. The number of aromatic nitrogens is 1. The van der Waals surface area contributed by atoms with Crippen molar-refractivity contribution in [3.63, 3.8) is 0 Å². The van der Waals surface area contributed by atoms with Gasteiger partial charge in [-0.05, 0) is 48.9 Å². The summed E-state index contributed by atoms with van der Waals surface area (Å²) in [5, 5.41) is -0.181. The lowest BCUT2D eigenvalue weighted by Gasteiger charge is -2.28. The molecule has 0 amide bonds. The molecule has 3 rings (SSSR count). The molecule has 1 aromatic heterocycles. The second-order valence-electron chi connectivity index (χ2n) is 7.14. The molecule has 0 unspecified atom stereocenters. The van der Waals surface area contributed by atoms with E-state index in [0.29, 0.717) is 37.8 Å². The molecular weight excluding hydrogens is 455 g/mol. The average molecular weight is 478 g/mol. The molecule has 6 nitrogen and oxygen atoms in total. The first kappa shape index (κ1) is 23.9. The van der Waals surface area contributed by atoms with Gasteiger partial charge in [-0.2, -0.15) is 17.5 Å². The number of hydrogen-bond acceptors (Lipinski definition) is 5. The quantitative estimate of drug-likeness (QED) is 0.580. The van der Waals surface area contributed by atoms with Crippen LogP contribution in [0.3, 0.4) is 0 Å². The van der Waals surface area contributed by atoms with E-state index in [1.165, 1.54) is 12.4 Å². The fraction of sp³-hybridized carbons (Fsp3) is 0.450. The van der Waals surface area contributed by atoms with Gasteiger partial charge in [-0.15, -0.1) is 0 Å². The van der Waals surface area contributed by atoms with Gasteiger partial charge in [-0.25, -0.2) is 8.42 Å². The first-order valence-electron chi connectivity index (χ1n) is 9.74. The second-order valence-corrected chi connectivity index (χ2v) is 9.48. The highest BCUT2D eigenvalue weighted by Crippen LogP contribution is 2.37. The lowest BCUT2D eigenvalue weighted by atomic mass is 10.2. The Bertz CT molecular complexity index is 969. The van der Waals surface area contributed by atoms with E-state index in [1.807, 2.05) is 0 Å². The molecular formula is C20H23ClF3N3O3S. The van der Waals surface area contributed by atoms with E-state index in [4.69, 9.17) is 16.3 Å². The number of morpholine rings is 1. The number of alkyl halides is 3. The summed E-state index contributed by atoms with van der Waals surface area (Å²) in [6.07, 6.45) is -1.36. The summed E-state index contributed by atoms with van der Waals surface area (Å²) in [6, 6.07) is 5.99. The minimum Gasteiger partial charge on any atom is -0.379 e. The average Bonchev–Trinajstić information content (AvgIpc) is 2.73. The molecule has 11 heteroatoms. The van der Waals surface area contributed by atoms with Gasteiger partial charge in [0, 0.05) is 43.6 Å².